The Morgan fingerprint density at radius 2 is 0.800 bits per heavy atom. The fourth-order valence-corrected chi connectivity index (χ4v) is 5.53. The molecule has 40 heavy (non-hydrogen) atoms. The summed E-state index contributed by atoms with van der Waals surface area (Å²) in [6.07, 6.45) is 0. The van der Waals surface area contributed by atoms with E-state index < -0.39 is 0 Å². The molecule has 0 unspecified atom stereocenters. The Morgan fingerprint density at radius 3 is 1.32 bits per heavy atom. The first-order chi connectivity index (χ1) is 19.6. The molecule has 0 atom stereocenters. The van der Waals surface area contributed by atoms with Crippen molar-refractivity contribution in [1.29, 1.82) is 0 Å². The molecule has 0 saturated carbocycles. The van der Waals surface area contributed by atoms with Crippen LogP contribution in [0.4, 0.5) is 34.1 Å². The van der Waals surface area contributed by atoms with Crippen molar-refractivity contribution in [3.8, 4) is 11.1 Å². The summed E-state index contributed by atoms with van der Waals surface area (Å²) in [6.45, 7) is 4.33. The van der Waals surface area contributed by atoms with Gasteiger partial charge < -0.3 is 5.32 Å². The number of hydrogen-bond acceptors (Lipinski definition) is 1. The average Bonchev–Trinajstić information content (AvgIpc) is 3.00. The lowest BCUT2D eigenvalue weighted by molar-refractivity contribution is 0.702. The standard InChI is InChI=1S/C38H33N2/c1-29-11-9-17-37(27-29)40(35-15-7-4-8-16-35,38-18-10-12-30(2)28-38)36-25-21-32(22-26-36)31-19-23-34(24-20-31)39-33-13-5-3-6-14-33/h3-28,39H,1-2H3/q+1. The predicted molar refractivity (Wildman–Crippen MR) is 171 cm³/mol. The lowest BCUT2D eigenvalue weighted by atomic mass is 10.0. The Hall–Kier alpha value is -4.92. The van der Waals surface area contributed by atoms with Crippen molar-refractivity contribution in [3.63, 3.8) is 0 Å². The van der Waals surface area contributed by atoms with E-state index in [4.69, 9.17) is 0 Å². The fraction of sp³-hybridized carbons (Fsp3) is 0.0526. The average molecular weight is 518 g/mol. The highest BCUT2D eigenvalue weighted by molar-refractivity contribution is 5.83. The van der Waals surface area contributed by atoms with Crippen molar-refractivity contribution in [3.05, 3.63) is 169 Å². The number of rotatable bonds is 7. The molecule has 0 radical (unpaired) electrons. The summed E-state index contributed by atoms with van der Waals surface area (Å²) in [5.74, 6) is 0. The number of aryl methyl sites for hydroxylation is 2. The maximum absolute atomic E-state index is 3.47. The van der Waals surface area contributed by atoms with E-state index in [2.05, 4.69) is 159 Å². The van der Waals surface area contributed by atoms with Crippen molar-refractivity contribution in [1.82, 2.24) is 4.48 Å². The third kappa shape index (κ3) is 4.93. The van der Waals surface area contributed by atoms with Crippen molar-refractivity contribution >= 4 is 34.1 Å². The van der Waals surface area contributed by atoms with E-state index in [1.807, 2.05) is 18.2 Å². The van der Waals surface area contributed by atoms with E-state index >= 15 is 0 Å². The molecule has 2 nitrogen and oxygen atoms in total. The minimum atomic E-state index is 0.504. The molecule has 0 aliphatic heterocycles. The third-order valence-corrected chi connectivity index (χ3v) is 7.46. The number of nitrogens with zero attached hydrogens (tertiary/aromatic N) is 1. The van der Waals surface area contributed by atoms with E-state index in [1.165, 1.54) is 45.0 Å². The molecule has 0 fully saturated rings. The molecular formula is C38H33N2+. The SMILES string of the molecule is Cc1cccc([N+](c2ccccc2)(c2ccc(-c3ccc(Nc4ccccc4)cc3)cc2)c2cccc(C)c2)c1. The highest BCUT2D eigenvalue weighted by atomic mass is 15.4. The second-order valence-electron chi connectivity index (χ2n) is 10.3. The monoisotopic (exact) mass is 517 g/mol. The Kier molecular flexibility index (Phi) is 7.01. The third-order valence-electron chi connectivity index (χ3n) is 7.46. The van der Waals surface area contributed by atoms with Gasteiger partial charge in [0.15, 0.2) is 0 Å². The van der Waals surface area contributed by atoms with E-state index in [0.717, 1.165) is 11.4 Å². The van der Waals surface area contributed by atoms with Crippen LogP contribution in [0.25, 0.3) is 11.1 Å². The van der Waals surface area contributed by atoms with Gasteiger partial charge in [-0.3, -0.25) is 0 Å². The van der Waals surface area contributed by atoms with Gasteiger partial charge in [-0.1, -0.05) is 72.8 Å². The fourth-order valence-electron chi connectivity index (χ4n) is 5.53. The van der Waals surface area contributed by atoms with E-state index in [0.29, 0.717) is 4.48 Å². The maximum atomic E-state index is 3.47. The zero-order chi connectivity index (χ0) is 27.4. The van der Waals surface area contributed by atoms with Crippen molar-refractivity contribution in [2.45, 2.75) is 13.8 Å². The van der Waals surface area contributed by atoms with Gasteiger partial charge in [0.2, 0.25) is 0 Å². The molecule has 0 bridgehead atoms. The molecule has 1 N–H and O–H groups in total. The molecule has 6 aromatic rings. The normalized spacial score (nSPS) is 11.2. The molecule has 0 heterocycles. The second-order valence-corrected chi connectivity index (χ2v) is 10.3. The number of nitrogens with one attached hydrogen (secondary N) is 1. The summed E-state index contributed by atoms with van der Waals surface area (Å²) < 4.78 is 0.504. The maximum Gasteiger partial charge on any atom is 0.148 e. The van der Waals surface area contributed by atoms with Gasteiger partial charge in [0.05, 0.1) is 0 Å². The van der Waals surface area contributed by atoms with E-state index in [-0.39, 0.29) is 0 Å². The van der Waals surface area contributed by atoms with Gasteiger partial charge in [-0.15, -0.1) is 0 Å². The van der Waals surface area contributed by atoms with Crippen molar-refractivity contribution in [2.75, 3.05) is 5.32 Å². The number of anilines is 2. The first-order valence-electron chi connectivity index (χ1n) is 13.8. The topological polar surface area (TPSA) is 12.0 Å². The van der Waals surface area contributed by atoms with Gasteiger partial charge in [0.1, 0.15) is 22.7 Å². The lowest BCUT2D eigenvalue weighted by Crippen LogP contribution is -2.33. The van der Waals surface area contributed by atoms with Crippen LogP contribution < -0.4 is 9.80 Å². The summed E-state index contributed by atoms with van der Waals surface area (Å²) >= 11 is 0. The minimum absolute atomic E-state index is 0.504. The zero-order valence-corrected chi connectivity index (χ0v) is 23.0. The first kappa shape index (κ1) is 25.4. The number of quaternary nitrogens is 1. The van der Waals surface area contributed by atoms with Crippen LogP contribution in [0.3, 0.4) is 0 Å². The molecule has 0 saturated heterocycles. The van der Waals surface area contributed by atoms with Crippen LogP contribution in [0.2, 0.25) is 0 Å². The highest BCUT2D eigenvalue weighted by Crippen LogP contribution is 2.51. The molecule has 0 amide bonds. The van der Waals surface area contributed by atoms with Gasteiger partial charge in [-0.25, -0.2) is 0 Å². The van der Waals surface area contributed by atoms with E-state index in [1.54, 1.807) is 0 Å². The molecule has 0 aromatic heterocycles. The van der Waals surface area contributed by atoms with Crippen LogP contribution in [0.1, 0.15) is 11.1 Å². The largest absolute Gasteiger partial charge is 0.356 e. The second kappa shape index (κ2) is 11.1. The summed E-state index contributed by atoms with van der Waals surface area (Å²) in [5, 5.41) is 3.47. The Labute approximate surface area is 237 Å². The van der Waals surface area contributed by atoms with Crippen molar-refractivity contribution < 1.29 is 0 Å². The highest BCUT2D eigenvalue weighted by Gasteiger charge is 2.39. The molecule has 0 spiro atoms. The molecule has 6 rings (SSSR count). The van der Waals surface area contributed by atoms with Gasteiger partial charge in [-0.2, -0.15) is 4.48 Å². The van der Waals surface area contributed by atoms with Crippen LogP contribution in [0, 0.1) is 13.8 Å². The number of benzene rings is 6. The zero-order valence-electron chi connectivity index (χ0n) is 23.0. The Morgan fingerprint density at radius 1 is 0.375 bits per heavy atom. The summed E-state index contributed by atoms with van der Waals surface area (Å²) in [4.78, 5) is 0. The van der Waals surface area contributed by atoms with Crippen LogP contribution in [-0.2, 0) is 0 Å². The van der Waals surface area contributed by atoms with Crippen molar-refractivity contribution in [2.24, 2.45) is 0 Å². The summed E-state index contributed by atoms with van der Waals surface area (Å²) in [5.41, 5.74) is 11.8. The smallest absolute Gasteiger partial charge is 0.148 e. The van der Waals surface area contributed by atoms with Gasteiger partial charge in [0, 0.05) is 59.9 Å². The first-order valence-corrected chi connectivity index (χ1v) is 13.8. The van der Waals surface area contributed by atoms with Crippen LogP contribution in [0.15, 0.2) is 158 Å². The minimum Gasteiger partial charge on any atom is -0.356 e. The van der Waals surface area contributed by atoms with Crippen LogP contribution in [-0.4, -0.2) is 0 Å². The van der Waals surface area contributed by atoms with Gasteiger partial charge in [-0.05, 0) is 72.5 Å². The summed E-state index contributed by atoms with van der Waals surface area (Å²) in [6, 6.07) is 56.5. The van der Waals surface area contributed by atoms with E-state index in [9.17, 15) is 0 Å². The quantitative estimate of drug-likeness (QED) is 0.208. The molecule has 0 aliphatic rings. The number of hydrogen-bond donors (Lipinski definition) is 1. The lowest BCUT2D eigenvalue weighted by Gasteiger charge is -2.37. The Bertz CT molecular complexity index is 1660. The predicted octanol–water partition coefficient (Wildman–Crippen LogP) is 11.0. The van der Waals surface area contributed by atoms with Gasteiger partial charge in [0.25, 0.3) is 0 Å². The van der Waals surface area contributed by atoms with Crippen LogP contribution >= 0.6 is 0 Å². The molecule has 2 heteroatoms. The number of para-hydroxylation sites is 2. The molecular weight excluding hydrogens is 484 g/mol. The Balaban J connectivity index is 1.45. The summed E-state index contributed by atoms with van der Waals surface area (Å²) in [7, 11) is 0. The van der Waals surface area contributed by atoms with Gasteiger partial charge >= 0.3 is 0 Å². The molecule has 0 aliphatic carbocycles. The molecule has 6 aromatic carbocycles. The molecule has 194 valence electrons. The van der Waals surface area contributed by atoms with Crippen LogP contribution in [0.5, 0.6) is 0 Å².